The molecule has 0 aliphatic rings. The third-order valence-electron chi connectivity index (χ3n) is 2.84. The van der Waals surface area contributed by atoms with Crippen LogP contribution >= 0.6 is 0 Å². The van der Waals surface area contributed by atoms with Crippen molar-refractivity contribution in [2.75, 3.05) is 26.4 Å². The van der Waals surface area contributed by atoms with Crippen LogP contribution < -0.4 is 11.1 Å². The fraction of sp³-hybridized carbons (Fsp3) is 0.909. The summed E-state index contributed by atoms with van der Waals surface area (Å²) < 4.78 is 0. The van der Waals surface area contributed by atoms with Gasteiger partial charge in [-0.1, -0.05) is 6.92 Å². The Labute approximate surface area is 102 Å². The minimum Gasteiger partial charge on any atom is -0.394 e. The number of amides is 1. The fourth-order valence-electron chi connectivity index (χ4n) is 1.43. The van der Waals surface area contributed by atoms with Crippen molar-refractivity contribution in [1.82, 2.24) is 5.32 Å². The van der Waals surface area contributed by atoms with Crippen molar-refractivity contribution in [3.63, 3.8) is 0 Å². The highest BCUT2D eigenvalue weighted by molar-refractivity contribution is 5.76. The van der Waals surface area contributed by atoms with Crippen LogP contribution in [0.1, 0.15) is 26.2 Å². The Kier molecular flexibility index (Phi) is 8.07. The van der Waals surface area contributed by atoms with Crippen LogP contribution in [0.25, 0.3) is 0 Å². The topological polar surface area (TPSA) is 116 Å². The molecule has 1 amide bonds. The van der Waals surface area contributed by atoms with Crippen molar-refractivity contribution < 1.29 is 20.1 Å². The monoisotopic (exact) mass is 248 g/mol. The van der Waals surface area contributed by atoms with Gasteiger partial charge in [0, 0.05) is 6.42 Å². The van der Waals surface area contributed by atoms with Crippen molar-refractivity contribution in [2.24, 2.45) is 11.7 Å². The van der Waals surface area contributed by atoms with E-state index in [2.05, 4.69) is 5.32 Å². The van der Waals surface area contributed by atoms with Crippen LogP contribution in [0.5, 0.6) is 0 Å². The molecule has 6 N–H and O–H groups in total. The lowest BCUT2D eigenvalue weighted by Gasteiger charge is -2.28. The third-order valence-corrected chi connectivity index (χ3v) is 2.84. The van der Waals surface area contributed by atoms with Crippen LogP contribution in [-0.2, 0) is 4.79 Å². The van der Waals surface area contributed by atoms with Gasteiger partial charge in [-0.2, -0.15) is 0 Å². The fourth-order valence-corrected chi connectivity index (χ4v) is 1.43. The molecule has 0 fully saturated rings. The molecule has 0 aromatic carbocycles. The largest absolute Gasteiger partial charge is 0.394 e. The third kappa shape index (κ3) is 5.97. The first-order valence-electron chi connectivity index (χ1n) is 5.87. The summed E-state index contributed by atoms with van der Waals surface area (Å²) in [5.41, 5.74) is 4.08. The summed E-state index contributed by atoms with van der Waals surface area (Å²) in [5.74, 6) is 0.0727. The van der Waals surface area contributed by atoms with E-state index in [4.69, 9.17) is 21.1 Å². The maximum absolute atomic E-state index is 11.6. The van der Waals surface area contributed by atoms with Crippen LogP contribution in [0.4, 0.5) is 0 Å². The molecule has 0 saturated carbocycles. The molecule has 0 heterocycles. The number of hydrogen-bond donors (Lipinski definition) is 5. The SMILES string of the molecule is CC(CCN)CCC(=O)NC(CO)(CO)CO. The van der Waals surface area contributed by atoms with Gasteiger partial charge in [0.25, 0.3) is 0 Å². The standard InChI is InChI=1S/C11H24N2O4/c1-9(4-5-12)2-3-10(17)13-11(6-14,7-15)8-16/h9,14-16H,2-8,12H2,1H3,(H,13,17). The van der Waals surface area contributed by atoms with E-state index in [-0.39, 0.29) is 5.91 Å². The number of hydrogen-bond acceptors (Lipinski definition) is 5. The molecule has 6 nitrogen and oxygen atoms in total. The van der Waals surface area contributed by atoms with Crippen molar-refractivity contribution in [3.8, 4) is 0 Å². The summed E-state index contributed by atoms with van der Waals surface area (Å²) in [7, 11) is 0. The number of rotatable bonds is 9. The van der Waals surface area contributed by atoms with E-state index in [9.17, 15) is 4.79 Å². The van der Waals surface area contributed by atoms with Crippen LogP contribution in [0.15, 0.2) is 0 Å². The molecule has 1 unspecified atom stereocenters. The summed E-state index contributed by atoms with van der Waals surface area (Å²) in [6.45, 7) is 1.12. The Morgan fingerprint density at radius 2 is 1.76 bits per heavy atom. The second kappa shape index (κ2) is 8.41. The van der Waals surface area contributed by atoms with Gasteiger partial charge >= 0.3 is 0 Å². The molecule has 0 radical (unpaired) electrons. The first-order valence-corrected chi connectivity index (χ1v) is 5.87. The first-order chi connectivity index (χ1) is 8.03. The molecular formula is C11H24N2O4. The zero-order valence-electron chi connectivity index (χ0n) is 10.4. The Morgan fingerprint density at radius 1 is 1.24 bits per heavy atom. The van der Waals surface area contributed by atoms with Crippen molar-refractivity contribution >= 4 is 5.91 Å². The van der Waals surface area contributed by atoms with E-state index in [1.807, 2.05) is 6.92 Å². The quantitative estimate of drug-likeness (QED) is 0.343. The van der Waals surface area contributed by atoms with Gasteiger partial charge in [-0.05, 0) is 25.3 Å². The predicted molar refractivity (Wildman–Crippen MR) is 64.2 cm³/mol. The van der Waals surface area contributed by atoms with Gasteiger partial charge in [-0.15, -0.1) is 0 Å². The summed E-state index contributed by atoms with van der Waals surface area (Å²) in [6, 6.07) is 0. The van der Waals surface area contributed by atoms with Gasteiger partial charge in [0.1, 0.15) is 5.54 Å². The number of nitrogens with one attached hydrogen (secondary N) is 1. The predicted octanol–water partition coefficient (Wildman–Crippen LogP) is -1.42. The highest BCUT2D eigenvalue weighted by atomic mass is 16.3. The molecule has 0 aromatic heterocycles. The van der Waals surface area contributed by atoms with E-state index >= 15 is 0 Å². The Morgan fingerprint density at radius 3 is 2.18 bits per heavy atom. The van der Waals surface area contributed by atoms with Crippen LogP contribution in [0, 0.1) is 5.92 Å². The second-order valence-electron chi connectivity index (χ2n) is 4.52. The van der Waals surface area contributed by atoms with E-state index in [0.717, 1.165) is 6.42 Å². The Hall–Kier alpha value is -0.690. The zero-order valence-corrected chi connectivity index (χ0v) is 10.4. The number of carbonyl (C=O) groups is 1. The van der Waals surface area contributed by atoms with Gasteiger partial charge in [0.2, 0.25) is 5.91 Å². The zero-order chi connectivity index (χ0) is 13.3. The minimum absolute atomic E-state index is 0.286. The maximum Gasteiger partial charge on any atom is 0.220 e. The maximum atomic E-state index is 11.6. The van der Waals surface area contributed by atoms with Gasteiger partial charge in [-0.25, -0.2) is 0 Å². The van der Waals surface area contributed by atoms with E-state index in [1.165, 1.54) is 0 Å². The number of carbonyl (C=O) groups excluding carboxylic acids is 1. The number of aliphatic hydroxyl groups is 3. The summed E-state index contributed by atoms with van der Waals surface area (Å²) in [4.78, 5) is 11.6. The lowest BCUT2D eigenvalue weighted by molar-refractivity contribution is -0.125. The summed E-state index contributed by atoms with van der Waals surface area (Å²) in [5, 5.41) is 29.6. The van der Waals surface area contributed by atoms with Crippen molar-refractivity contribution in [1.29, 1.82) is 0 Å². The smallest absolute Gasteiger partial charge is 0.220 e. The van der Waals surface area contributed by atoms with E-state index in [1.54, 1.807) is 0 Å². The second-order valence-corrected chi connectivity index (χ2v) is 4.52. The molecule has 0 rings (SSSR count). The molecule has 0 bridgehead atoms. The lowest BCUT2D eigenvalue weighted by atomic mass is 9.99. The average Bonchev–Trinajstić information content (AvgIpc) is 2.34. The van der Waals surface area contributed by atoms with Crippen molar-refractivity contribution in [3.05, 3.63) is 0 Å². The molecule has 0 saturated heterocycles. The van der Waals surface area contributed by atoms with Crippen molar-refractivity contribution in [2.45, 2.75) is 31.7 Å². The molecule has 6 heteroatoms. The molecular weight excluding hydrogens is 224 g/mol. The van der Waals surface area contributed by atoms with Gasteiger partial charge in [0.05, 0.1) is 19.8 Å². The average molecular weight is 248 g/mol. The summed E-state index contributed by atoms with van der Waals surface area (Å²) >= 11 is 0. The molecule has 17 heavy (non-hydrogen) atoms. The van der Waals surface area contributed by atoms with Gasteiger partial charge < -0.3 is 26.4 Å². The normalized spacial score (nSPS) is 13.5. The molecule has 1 atom stereocenters. The number of aliphatic hydroxyl groups excluding tert-OH is 3. The Balaban J connectivity index is 4.07. The highest BCUT2D eigenvalue weighted by Crippen LogP contribution is 2.10. The van der Waals surface area contributed by atoms with Crippen LogP contribution in [0.2, 0.25) is 0 Å². The lowest BCUT2D eigenvalue weighted by Crippen LogP contribution is -2.57. The van der Waals surface area contributed by atoms with Gasteiger partial charge in [-0.3, -0.25) is 4.79 Å². The van der Waals surface area contributed by atoms with Crippen LogP contribution in [0.3, 0.4) is 0 Å². The first kappa shape index (κ1) is 16.3. The molecule has 0 aromatic rings. The minimum atomic E-state index is -1.33. The van der Waals surface area contributed by atoms with E-state index < -0.39 is 25.4 Å². The van der Waals surface area contributed by atoms with E-state index in [0.29, 0.717) is 25.3 Å². The highest BCUT2D eigenvalue weighted by Gasteiger charge is 2.29. The molecule has 0 spiro atoms. The molecule has 0 aliphatic carbocycles. The van der Waals surface area contributed by atoms with Gasteiger partial charge in [0.15, 0.2) is 0 Å². The molecule has 102 valence electrons. The Bertz CT molecular complexity index is 211. The molecule has 0 aliphatic heterocycles. The number of nitrogens with two attached hydrogens (primary N) is 1. The van der Waals surface area contributed by atoms with Crippen LogP contribution in [-0.4, -0.2) is 53.1 Å². The summed E-state index contributed by atoms with van der Waals surface area (Å²) in [6.07, 6.45) is 1.85.